The van der Waals surface area contributed by atoms with E-state index >= 15 is 0 Å². The highest BCUT2D eigenvalue weighted by molar-refractivity contribution is 4.92. The van der Waals surface area contributed by atoms with Crippen LogP contribution in [0.2, 0.25) is 0 Å². The Kier molecular flexibility index (Phi) is 1.46. The molecule has 58 valence electrons. The summed E-state index contributed by atoms with van der Waals surface area (Å²) in [6.45, 7) is 2.33. The Hall–Kier alpha value is -0.0800. The highest BCUT2D eigenvalue weighted by atomic mass is 16.3. The van der Waals surface area contributed by atoms with Gasteiger partial charge in [0, 0.05) is 19.0 Å². The second-order valence-electron chi connectivity index (χ2n) is 3.79. The van der Waals surface area contributed by atoms with Crippen molar-refractivity contribution in [3.05, 3.63) is 0 Å². The third-order valence-corrected chi connectivity index (χ3v) is 3.00. The molecule has 2 nitrogen and oxygen atoms in total. The Bertz CT molecular complexity index is 137. The molecule has 2 fully saturated rings. The molecule has 1 N–H and O–H groups in total. The van der Waals surface area contributed by atoms with Crippen LogP contribution in [0, 0.1) is 11.8 Å². The molecule has 0 aromatic heterocycles. The molecule has 3 atom stereocenters. The van der Waals surface area contributed by atoms with E-state index in [4.69, 9.17) is 0 Å². The van der Waals surface area contributed by atoms with Crippen molar-refractivity contribution in [1.29, 1.82) is 0 Å². The van der Waals surface area contributed by atoms with Crippen molar-refractivity contribution in [2.24, 2.45) is 11.8 Å². The van der Waals surface area contributed by atoms with Gasteiger partial charge in [0.25, 0.3) is 0 Å². The van der Waals surface area contributed by atoms with Crippen molar-refractivity contribution < 1.29 is 5.11 Å². The number of rotatable bonds is 0. The van der Waals surface area contributed by atoms with E-state index < -0.39 is 0 Å². The molecule has 2 heteroatoms. The van der Waals surface area contributed by atoms with Gasteiger partial charge in [0.05, 0.1) is 6.10 Å². The van der Waals surface area contributed by atoms with Gasteiger partial charge in [-0.3, -0.25) is 0 Å². The van der Waals surface area contributed by atoms with E-state index in [1.165, 1.54) is 13.0 Å². The smallest absolute Gasteiger partial charge is 0.0583 e. The zero-order valence-corrected chi connectivity index (χ0v) is 6.45. The predicted octanol–water partition coefficient (Wildman–Crippen LogP) is 0.319. The van der Waals surface area contributed by atoms with E-state index in [0.717, 1.165) is 18.9 Å². The van der Waals surface area contributed by atoms with Crippen molar-refractivity contribution in [2.45, 2.75) is 18.9 Å². The first-order chi connectivity index (χ1) is 4.77. The maximum atomic E-state index is 9.49. The molecule has 2 aliphatic rings. The van der Waals surface area contributed by atoms with Gasteiger partial charge < -0.3 is 10.0 Å². The zero-order chi connectivity index (χ0) is 7.14. The zero-order valence-electron chi connectivity index (χ0n) is 6.45. The van der Waals surface area contributed by atoms with Crippen LogP contribution in [0.4, 0.5) is 0 Å². The normalized spacial score (nSPS) is 48.0. The van der Waals surface area contributed by atoms with Crippen molar-refractivity contribution in [3.8, 4) is 0 Å². The summed E-state index contributed by atoms with van der Waals surface area (Å²) in [7, 11) is 2.14. The van der Waals surface area contributed by atoms with Crippen LogP contribution in [0.1, 0.15) is 12.8 Å². The number of nitrogens with zero attached hydrogens (tertiary/aromatic N) is 1. The number of aliphatic hydroxyl groups excluding tert-OH is 1. The Morgan fingerprint density at radius 2 is 2.10 bits per heavy atom. The second-order valence-corrected chi connectivity index (χ2v) is 3.79. The summed E-state index contributed by atoms with van der Waals surface area (Å²) in [4.78, 5) is 2.33. The van der Waals surface area contributed by atoms with Crippen molar-refractivity contribution in [1.82, 2.24) is 4.90 Å². The largest absolute Gasteiger partial charge is 0.393 e. The number of hydrogen-bond donors (Lipinski definition) is 1. The summed E-state index contributed by atoms with van der Waals surface area (Å²) in [5, 5.41) is 9.49. The lowest BCUT2D eigenvalue weighted by Gasteiger charge is -2.11. The van der Waals surface area contributed by atoms with E-state index in [1.807, 2.05) is 0 Å². The molecule has 2 rings (SSSR count). The number of fused-ring (bicyclic) bond motifs is 1. The highest BCUT2D eigenvalue weighted by Gasteiger charge is 2.40. The number of aliphatic hydroxyl groups is 1. The first kappa shape index (κ1) is 6.62. The van der Waals surface area contributed by atoms with Crippen molar-refractivity contribution in [3.63, 3.8) is 0 Å². The molecule has 10 heavy (non-hydrogen) atoms. The topological polar surface area (TPSA) is 23.5 Å². The molecule has 0 bridgehead atoms. The number of likely N-dealkylation sites (tertiary alicyclic amines) is 1. The minimum Gasteiger partial charge on any atom is -0.393 e. The van der Waals surface area contributed by atoms with Gasteiger partial charge in [0.15, 0.2) is 0 Å². The predicted molar refractivity (Wildman–Crippen MR) is 39.7 cm³/mol. The van der Waals surface area contributed by atoms with Gasteiger partial charge in [0.1, 0.15) is 0 Å². The molecule has 1 aliphatic heterocycles. The molecule has 0 unspecified atom stereocenters. The molecular weight excluding hydrogens is 126 g/mol. The van der Waals surface area contributed by atoms with E-state index in [2.05, 4.69) is 11.9 Å². The molecular formula is C8H15NO. The van der Waals surface area contributed by atoms with Crippen molar-refractivity contribution >= 4 is 0 Å². The van der Waals surface area contributed by atoms with Gasteiger partial charge >= 0.3 is 0 Å². The lowest BCUT2D eigenvalue weighted by Crippen LogP contribution is -2.21. The van der Waals surface area contributed by atoms with E-state index in [0.29, 0.717) is 5.92 Å². The van der Waals surface area contributed by atoms with E-state index in [-0.39, 0.29) is 6.10 Å². The minimum atomic E-state index is 0.00921. The molecule has 0 aromatic rings. The van der Waals surface area contributed by atoms with Gasteiger partial charge in [-0.15, -0.1) is 0 Å². The third-order valence-electron chi connectivity index (χ3n) is 3.00. The van der Waals surface area contributed by atoms with Gasteiger partial charge in [-0.05, 0) is 25.8 Å². The second kappa shape index (κ2) is 2.21. The van der Waals surface area contributed by atoms with Gasteiger partial charge in [-0.2, -0.15) is 0 Å². The van der Waals surface area contributed by atoms with Gasteiger partial charge in [-0.25, -0.2) is 0 Å². The Balaban J connectivity index is 2.05. The summed E-state index contributed by atoms with van der Waals surface area (Å²) in [6, 6.07) is 0. The fourth-order valence-corrected chi connectivity index (χ4v) is 2.46. The van der Waals surface area contributed by atoms with E-state index in [1.54, 1.807) is 0 Å². The molecule has 0 aromatic carbocycles. The molecule has 1 aliphatic carbocycles. The quantitative estimate of drug-likeness (QED) is 0.525. The molecule has 1 saturated heterocycles. The Labute approximate surface area is 61.8 Å². The Morgan fingerprint density at radius 3 is 2.80 bits per heavy atom. The lowest BCUT2D eigenvalue weighted by molar-refractivity contribution is 0.126. The molecule has 1 saturated carbocycles. The first-order valence-electron chi connectivity index (χ1n) is 4.14. The minimum absolute atomic E-state index is 0.00921. The van der Waals surface area contributed by atoms with E-state index in [9.17, 15) is 5.11 Å². The van der Waals surface area contributed by atoms with Crippen LogP contribution in [-0.2, 0) is 0 Å². The van der Waals surface area contributed by atoms with Crippen LogP contribution in [0.25, 0.3) is 0 Å². The summed E-state index contributed by atoms with van der Waals surface area (Å²) < 4.78 is 0. The molecule has 0 radical (unpaired) electrons. The van der Waals surface area contributed by atoms with Gasteiger partial charge in [0.2, 0.25) is 0 Å². The van der Waals surface area contributed by atoms with Gasteiger partial charge in [-0.1, -0.05) is 0 Å². The maximum absolute atomic E-state index is 9.49. The molecule has 0 spiro atoms. The summed E-state index contributed by atoms with van der Waals surface area (Å²) in [5.41, 5.74) is 0. The fourth-order valence-electron chi connectivity index (χ4n) is 2.46. The van der Waals surface area contributed by atoms with Crippen LogP contribution in [0.5, 0.6) is 0 Å². The number of hydrogen-bond acceptors (Lipinski definition) is 2. The first-order valence-corrected chi connectivity index (χ1v) is 4.14. The average Bonchev–Trinajstić information content (AvgIpc) is 2.35. The lowest BCUT2D eigenvalue weighted by atomic mass is 10.00. The van der Waals surface area contributed by atoms with Crippen LogP contribution in [0.15, 0.2) is 0 Å². The SMILES string of the molecule is CN1C[C@@H]2CC[C@H](O)[C@@H]2C1. The molecule has 0 amide bonds. The fraction of sp³-hybridized carbons (Fsp3) is 1.00. The monoisotopic (exact) mass is 141 g/mol. The Morgan fingerprint density at radius 1 is 1.30 bits per heavy atom. The summed E-state index contributed by atoms with van der Waals surface area (Å²) in [6.07, 6.45) is 2.30. The van der Waals surface area contributed by atoms with Crippen LogP contribution < -0.4 is 0 Å². The summed E-state index contributed by atoms with van der Waals surface area (Å²) >= 11 is 0. The molecule has 1 heterocycles. The third kappa shape index (κ3) is 0.867. The maximum Gasteiger partial charge on any atom is 0.0583 e. The highest BCUT2D eigenvalue weighted by Crippen LogP contribution is 2.37. The van der Waals surface area contributed by atoms with Crippen LogP contribution >= 0.6 is 0 Å². The standard InChI is InChI=1S/C8H15NO/c1-9-4-6-2-3-8(10)7(6)5-9/h6-8,10H,2-5H2,1H3/t6-,7+,8-/m0/s1. The average molecular weight is 141 g/mol. The van der Waals surface area contributed by atoms with Crippen molar-refractivity contribution in [2.75, 3.05) is 20.1 Å². The van der Waals surface area contributed by atoms with Crippen LogP contribution in [-0.4, -0.2) is 36.2 Å². The summed E-state index contributed by atoms with van der Waals surface area (Å²) in [5.74, 6) is 1.41. The van der Waals surface area contributed by atoms with Crippen LogP contribution in [0.3, 0.4) is 0 Å².